The first-order valence-corrected chi connectivity index (χ1v) is 11.7. The van der Waals surface area contributed by atoms with Gasteiger partial charge in [-0.3, -0.25) is 9.10 Å². The number of sulfonamides is 1. The number of aryl methyl sites for hydroxylation is 3. The third kappa shape index (κ3) is 4.99. The summed E-state index contributed by atoms with van der Waals surface area (Å²) in [5, 5.41) is 2.86. The second-order valence-electron chi connectivity index (χ2n) is 7.86. The molecular formula is C25H27FN2O3S. The predicted octanol–water partition coefficient (Wildman–Crippen LogP) is 4.82. The van der Waals surface area contributed by atoms with Crippen LogP contribution < -0.4 is 9.62 Å². The van der Waals surface area contributed by atoms with Crippen molar-refractivity contribution in [2.75, 3.05) is 10.8 Å². The third-order valence-corrected chi connectivity index (χ3v) is 7.24. The molecular weight excluding hydrogens is 427 g/mol. The van der Waals surface area contributed by atoms with E-state index in [1.807, 2.05) is 33.8 Å². The minimum atomic E-state index is -4.16. The number of nitrogens with one attached hydrogen (secondary N) is 1. The Morgan fingerprint density at radius 2 is 1.53 bits per heavy atom. The minimum absolute atomic E-state index is 0.0193. The summed E-state index contributed by atoms with van der Waals surface area (Å²) in [6, 6.07) is 16.9. The van der Waals surface area contributed by atoms with Gasteiger partial charge in [-0.2, -0.15) is 0 Å². The number of benzene rings is 3. The van der Waals surface area contributed by atoms with E-state index in [0.717, 1.165) is 26.6 Å². The van der Waals surface area contributed by atoms with Gasteiger partial charge in [0.15, 0.2) is 0 Å². The van der Waals surface area contributed by atoms with Crippen molar-refractivity contribution in [2.45, 2.75) is 38.6 Å². The number of nitrogens with zero attached hydrogens (tertiary/aromatic N) is 1. The summed E-state index contributed by atoms with van der Waals surface area (Å²) in [6.07, 6.45) is 0. The number of hydrogen-bond donors (Lipinski definition) is 1. The van der Waals surface area contributed by atoms with Gasteiger partial charge >= 0.3 is 0 Å². The fourth-order valence-corrected chi connectivity index (χ4v) is 5.07. The molecule has 3 aromatic rings. The normalized spacial score (nSPS) is 12.3. The Kier molecular flexibility index (Phi) is 6.99. The summed E-state index contributed by atoms with van der Waals surface area (Å²) in [7, 11) is -4.16. The molecule has 1 N–H and O–H groups in total. The number of carbonyl (C=O) groups is 1. The summed E-state index contributed by atoms with van der Waals surface area (Å²) in [5.41, 5.74) is 4.06. The molecule has 0 spiro atoms. The lowest BCUT2D eigenvalue weighted by Crippen LogP contribution is -2.42. The fraction of sp³-hybridized carbons (Fsp3) is 0.240. The highest BCUT2D eigenvalue weighted by atomic mass is 32.2. The Balaban J connectivity index is 1.91. The molecule has 0 radical (unpaired) electrons. The van der Waals surface area contributed by atoms with Gasteiger partial charge in [0.05, 0.1) is 16.6 Å². The van der Waals surface area contributed by atoms with Crippen molar-refractivity contribution in [1.82, 2.24) is 5.32 Å². The number of para-hydroxylation sites is 1. The molecule has 168 valence electrons. The van der Waals surface area contributed by atoms with E-state index in [9.17, 15) is 17.6 Å². The third-order valence-electron chi connectivity index (χ3n) is 5.47. The molecule has 0 heterocycles. The second-order valence-corrected chi connectivity index (χ2v) is 9.72. The van der Waals surface area contributed by atoms with E-state index in [1.54, 1.807) is 18.2 Å². The molecule has 0 unspecified atom stereocenters. The highest BCUT2D eigenvalue weighted by Crippen LogP contribution is 2.26. The van der Waals surface area contributed by atoms with E-state index in [-0.39, 0.29) is 16.6 Å². The van der Waals surface area contributed by atoms with Crippen molar-refractivity contribution in [1.29, 1.82) is 0 Å². The molecule has 1 amide bonds. The number of hydrogen-bond acceptors (Lipinski definition) is 3. The summed E-state index contributed by atoms with van der Waals surface area (Å²) >= 11 is 0. The molecule has 0 aliphatic carbocycles. The Morgan fingerprint density at radius 1 is 0.938 bits per heavy atom. The lowest BCUT2D eigenvalue weighted by Gasteiger charge is -2.26. The molecule has 0 aliphatic rings. The van der Waals surface area contributed by atoms with Crippen LogP contribution in [0.5, 0.6) is 0 Å². The van der Waals surface area contributed by atoms with Crippen LogP contribution in [0.15, 0.2) is 71.6 Å². The number of anilines is 1. The summed E-state index contributed by atoms with van der Waals surface area (Å²) in [6.45, 7) is 7.28. The highest BCUT2D eigenvalue weighted by Gasteiger charge is 2.29. The molecule has 3 aromatic carbocycles. The van der Waals surface area contributed by atoms with Crippen LogP contribution in [0.1, 0.15) is 35.2 Å². The van der Waals surface area contributed by atoms with Gasteiger partial charge in [-0.15, -0.1) is 0 Å². The molecule has 0 bridgehead atoms. The molecule has 3 rings (SSSR count). The zero-order valence-corrected chi connectivity index (χ0v) is 19.4. The maximum absolute atomic E-state index is 14.6. The lowest BCUT2D eigenvalue weighted by molar-refractivity contribution is -0.120. The molecule has 0 saturated heterocycles. The van der Waals surface area contributed by atoms with Gasteiger partial charge in [-0.25, -0.2) is 12.8 Å². The van der Waals surface area contributed by atoms with Crippen LogP contribution in [0.3, 0.4) is 0 Å². The van der Waals surface area contributed by atoms with E-state index in [4.69, 9.17) is 0 Å². The van der Waals surface area contributed by atoms with Crippen molar-refractivity contribution in [3.8, 4) is 0 Å². The van der Waals surface area contributed by atoms with Crippen molar-refractivity contribution in [2.24, 2.45) is 0 Å². The monoisotopic (exact) mass is 454 g/mol. The zero-order chi connectivity index (χ0) is 23.5. The van der Waals surface area contributed by atoms with Crippen molar-refractivity contribution < 1.29 is 17.6 Å². The molecule has 0 aromatic heterocycles. The van der Waals surface area contributed by atoms with E-state index >= 15 is 0 Å². The zero-order valence-electron chi connectivity index (χ0n) is 18.6. The minimum Gasteiger partial charge on any atom is -0.348 e. The number of amides is 1. The van der Waals surface area contributed by atoms with Gasteiger partial charge in [0, 0.05) is 0 Å². The van der Waals surface area contributed by atoms with Gasteiger partial charge in [0.2, 0.25) is 5.91 Å². The van der Waals surface area contributed by atoms with Gasteiger partial charge in [-0.1, -0.05) is 42.5 Å². The Morgan fingerprint density at radius 3 is 2.19 bits per heavy atom. The number of carbonyl (C=O) groups excluding carboxylic acids is 1. The number of rotatable bonds is 7. The molecule has 0 saturated carbocycles. The molecule has 0 aliphatic heterocycles. The summed E-state index contributed by atoms with van der Waals surface area (Å²) in [4.78, 5) is 12.9. The molecule has 1 atom stereocenters. The van der Waals surface area contributed by atoms with Crippen LogP contribution in [-0.2, 0) is 14.8 Å². The summed E-state index contributed by atoms with van der Waals surface area (Å²) in [5.74, 6) is -1.25. The van der Waals surface area contributed by atoms with Crippen molar-refractivity contribution >= 4 is 21.6 Å². The maximum Gasteiger partial charge on any atom is 0.264 e. The molecule has 5 nitrogen and oxygen atoms in total. The van der Waals surface area contributed by atoms with E-state index in [0.29, 0.717) is 0 Å². The topological polar surface area (TPSA) is 66.5 Å². The summed E-state index contributed by atoms with van der Waals surface area (Å²) < 4.78 is 42.0. The van der Waals surface area contributed by atoms with E-state index in [1.165, 1.54) is 36.4 Å². The van der Waals surface area contributed by atoms with Crippen LogP contribution in [0, 0.1) is 26.6 Å². The Hall–Kier alpha value is -3.19. The van der Waals surface area contributed by atoms with Gasteiger partial charge < -0.3 is 5.32 Å². The van der Waals surface area contributed by atoms with Crippen LogP contribution in [0.4, 0.5) is 10.1 Å². The average Bonchev–Trinajstić information content (AvgIpc) is 2.75. The Bertz CT molecular complexity index is 1230. The van der Waals surface area contributed by atoms with Crippen molar-refractivity contribution in [3.05, 3.63) is 94.8 Å². The molecule has 32 heavy (non-hydrogen) atoms. The predicted molar refractivity (Wildman–Crippen MR) is 125 cm³/mol. The first-order valence-electron chi connectivity index (χ1n) is 10.3. The first-order chi connectivity index (χ1) is 15.1. The fourth-order valence-electron chi connectivity index (χ4n) is 3.62. The molecule has 7 heteroatoms. The van der Waals surface area contributed by atoms with E-state index < -0.39 is 28.3 Å². The van der Waals surface area contributed by atoms with Crippen LogP contribution in [-0.4, -0.2) is 20.9 Å². The van der Waals surface area contributed by atoms with Crippen LogP contribution in [0.25, 0.3) is 0 Å². The smallest absolute Gasteiger partial charge is 0.264 e. The van der Waals surface area contributed by atoms with Crippen LogP contribution >= 0.6 is 0 Å². The standard InChI is InChI=1S/C25H27FN2O3S/c1-17-14-19(3)22(15-18(17)2)20(4)27-25(29)16-28(24-13-9-8-12-23(24)26)32(30,31)21-10-6-5-7-11-21/h5-15,20H,16H2,1-4H3,(H,27,29)/t20-/m1/s1. The maximum atomic E-state index is 14.6. The first kappa shape index (κ1) is 23.5. The van der Waals surface area contributed by atoms with Gasteiger partial charge in [0.1, 0.15) is 12.4 Å². The Labute approximate surface area is 188 Å². The van der Waals surface area contributed by atoms with E-state index in [2.05, 4.69) is 11.4 Å². The number of halogens is 1. The van der Waals surface area contributed by atoms with Gasteiger partial charge in [-0.05, 0) is 74.2 Å². The highest BCUT2D eigenvalue weighted by molar-refractivity contribution is 7.92. The van der Waals surface area contributed by atoms with Crippen LogP contribution in [0.2, 0.25) is 0 Å². The average molecular weight is 455 g/mol. The molecule has 0 fully saturated rings. The van der Waals surface area contributed by atoms with Crippen molar-refractivity contribution in [3.63, 3.8) is 0 Å². The SMILES string of the molecule is Cc1cc(C)c([C@@H](C)NC(=O)CN(c2ccccc2F)S(=O)(=O)c2ccccc2)cc1C. The largest absolute Gasteiger partial charge is 0.348 e. The van der Waals surface area contributed by atoms with Gasteiger partial charge in [0.25, 0.3) is 10.0 Å². The second kappa shape index (κ2) is 9.53. The lowest BCUT2D eigenvalue weighted by atomic mass is 9.96. The quantitative estimate of drug-likeness (QED) is 0.556.